The minimum Gasteiger partial charge on any atom is -0.508 e. The smallest absolute Gasteiger partial charge is 0.373 e. The lowest BCUT2D eigenvalue weighted by molar-refractivity contribution is -0.191. The molecule has 0 amide bonds. The van der Waals surface area contributed by atoms with Gasteiger partial charge in [-0.05, 0) is 30.2 Å². The van der Waals surface area contributed by atoms with Gasteiger partial charge >= 0.3 is 12.1 Å². The maximum absolute atomic E-state index is 11.8. The lowest BCUT2D eigenvalue weighted by atomic mass is 9.83. The van der Waals surface area contributed by atoms with Crippen LogP contribution in [-0.2, 0) is 19.1 Å². The van der Waals surface area contributed by atoms with Gasteiger partial charge in [-0.25, -0.2) is 4.79 Å². The van der Waals surface area contributed by atoms with Crippen LogP contribution in [0.1, 0.15) is 25.3 Å². The normalized spacial score (nSPS) is 26.1. The number of carbonyl (C=O) groups is 1. The van der Waals surface area contributed by atoms with E-state index in [-0.39, 0.29) is 17.8 Å². The predicted octanol–water partition coefficient (Wildman–Crippen LogP) is 0.885. The molecule has 7 heteroatoms. The maximum Gasteiger partial charge on any atom is 0.373 e. The van der Waals surface area contributed by atoms with Crippen molar-refractivity contribution in [2.75, 3.05) is 0 Å². The summed E-state index contributed by atoms with van der Waals surface area (Å²) in [6, 6.07) is 6.41. The molecule has 1 aliphatic carbocycles. The molecule has 0 radical (unpaired) electrons. The first-order valence-electron chi connectivity index (χ1n) is 7.40. The SMILES string of the molecule is CC1C(O)CC(O)CC1OC(=O)/C=C/c1ccc(O)cc1.O=C=O. The van der Waals surface area contributed by atoms with Crippen LogP contribution < -0.4 is 0 Å². The third-order valence-corrected chi connectivity index (χ3v) is 3.78. The molecule has 1 fully saturated rings. The van der Waals surface area contributed by atoms with Crippen molar-refractivity contribution in [3.63, 3.8) is 0 Å². The maximum atomic E-state index is 11.8. The predicted molar refractivity (Wildman–Crippen MR) is 82.4 cm³/mol. The third-order valence-electron chi connectivity index (χ3n) is 3.78. The minimum atomic E-state index is -0.660. The molecular formula is C17H20O7. The molecule has 130 valence electrons. The van der Waals surface area contributed by atoms with Gasteiger partial charge in [-0.1, -0.05) is 19.1 Å². The first-order chi connectivity index (χ1) is 11.4. The van der Waals surface area contributed by atoms with E-state index >= 15 is 0 Å². The number of aliphatic hydroxyl groups is 2. The van der Waals surface area contributed by atoms with E-state index in [0.717, 1.165) is 5.56 Å². The Balaban J connectivity index is 0.000000891. The molecule has 1 aromatic rings. The summed E-state index contributed by atoms with van der Waals surface area (Å²) >= 11 is 0. The van der Waals surface area contributed by atoms with E-state index in [9.17, 15) is 15.0 Å². The van der Waals surface area contributed by atoms with Crippen LogP contribution in [-0.4, -0.2) is 45.8 Å². The van der Waals surface area contributed by atoms with Gasteiger partial charge in [0.05, 0.1) is 12.2 Å². The van der Waals surface area contributed by atoms with Crippen LogP contribution in [0.5, 0.6) is 5.75 Å². The van der Waals surface area contributed by atoms with Crippen molar-refractivity contribution in [3.8, 4) is 5.75 Å². The van der Waals surface area contributed by atoms with E-state index in [4.69, 9.17) is 19.4 Å². The molecule has 2 rings (SSSR count). The molecule has 24 heavy (non-hydrogen) atoms. The topological polar surface area (TPSA) is 121 Å². The zero-order valence-corrected chi connectivity index (χ0v) is 13.2. The van der Waals surface area contributed by atoms with Gasteiger partial charge in [0.15, 0.2) is 0 Å². The average molecular weight is 336 g/mol. The van der Waals surface area contributed by atoms with Crippen molar-refractivity contribution in [3.05, 3.63) is 35.9 Å². The van der Waals surface area contributed by atoms with Gasteiger partial charge in [0, 0.05) is 18.4 Å². The molecule has 3 N–H and O–H groups in total. The van der Waals surface area contributed by atoms with Crippen molar-refractivity contribution in [2.45, 2.75) is 38.1 Å². The highest BCUT2D eigenvalue weighted by Gasteiger charge is 2.35. The van der Waals surface area contributed by atoms with Crippen LogP contribution in [0.4, 0.5) is 0 Å². The monoisotopic (exact) mass is 336 g/mol. The molecule has 0 bridgehead atoms. The molecular weight excluding hydrogens is 316 g/mol. The van der Waals surface area contributed by atoms with E-state index in [1.165, 1.54) is 18.2 Å². The number of hydrogen-bond donors (Lipinski definition) is 3. The number of ether oxygens (including phenoxy) is 1. The van der Waals surface area contributed by atoms with E-state index in [1.54, 1.807) is 25.1 Å². The van der Waals surface area contributed by atoms with Crippen molar-refractivity contribution < 1.29 is 34.4 Å². The lowest BCUT2D eigenvalue weighted by Gasteiger charge is -2.34. The number of phenols is 1. The summed E-state index contributed by atoms with van der Waals surface area (Å²) in [4.78, 5) is 28.0. The fraction of sp³-hybridized carbons (Fsp3) is 0.412. The van der Waals surface area contributed by atoms with Gasteiger partial charge in [0.2, 0.25) is 0 Å². The summed E-state index contributed by atoms with van der Waals surface area (Å²) in [5.74, 6) is -0.547. The number of benzene rings is 1. The standard InChI is InChI=1S/C16H20O5.CO2/c1-10-14(19)8-13(18)9-15(10)21-16(20)7-4-11-2-5-12(17)6-3-11;2-1-3/h2-7,10,13-15,17-19H,8-9H2,1H3;/b7-4+;. The number of aromatic hydroxyl groups is 1. The fourth-order valence-electron chi connectivity index (χ4n) is 2.41. The Bertz CT molecular complexity index is 587. The summed E-state index contributed by atoms with van der Waals surface area (Å²) in [5.41, 5.74) is 0.765. The molecule has 0 spiro atoms. The number of esters is 1. The van der Waals surface area contributed by atoms with Gasteiger partial charge in [-0.2, -0.15) is 9.59 Å². The van der Waals surface area contributed by atoms with Crippen molar-refractivity contribution in [1.29, 1.82) is 0 Å². The Morgan fingerprint density at radius 1 is 1.21 bits per heavy atom. The molecule has 0 aromatic heterocycles. The highest BCUT2D eigenvalue weighted by atomic mass is 16.5. The molecule has 4 unspecified atom stereocenters. The highest BCUT2D eigenvalue weighted by molar-refractivity contribution is 5.87. The molecule has 1 saturated carbocycles. The van der Waals surface area contributed by atoms with Gasteiger partial charge in [-0.15, -0.1) is 0 Å². The highest BCUT2D eigenvalue weighted by Crippen LogP contribution is 2.27. The number of carbonyl (C=O) groups excluding carboxylic acids is 3. The summed E-state index contributed by atoms with van der Waals surface area (Å²) in [6.07, 6.45) is 2.01. The number of phenolic OH excluding ortho intramolecular Hbond substituents is 1. The quantitative estimate of drug-likeness (QED) is 0.553. The first-order valence-corrected chi connectivity index (χ1v) is 7.40. The molecule has 7 nitrogen and oxygen atoms in total. The Morgan fingerprint density at radius 3 is 2.38 bits per heavy atom. The Labute approximate surface area is 139 Å². The molecule has 0 heterocycles. The van der Waals surface area contributed by atoms with Crippen LogP contribution in [0.3, 0.4) is 0 Å². The van der Waals surface area contributed by atoms with Gasteiger partial charge < -0.3 is 20.1 Å². The molecule has 0 aliphatic heterocycles. The molecule has 1 aromatic carbocycles. The van der Waals surface area contributed by atoms with Crippen LogP contribution in [0, 0.1) is 5.92 Å². The van der Waals surface area contributed by atoms with Crippen molar-refractivity contribution in [1.82, 2.24) is 0 Å². The zero-order chi connectivity index (χ0) is 18.1. The van der Waals surface area contributed by atoms with E-state index in [0.29, 0.717) is 12.8 Å². The Hall–Kier alpha value is -2.47. The lowest BCUT2D eigenvalue weighted by Crippen LogP contribution is -2.42. The summed E-state index contributed by atoms with van der Waals surface area (Å²) in [6.45, 7) is 1.80. The first kappa shape index (κ1) is 19.6. The van der Waals surface area contributed by atoms with E-state index in [1.807, 2.05) is 0 Å². The van der Waals surface area contributed by atoms with Gasteiger partial charge in [0.1, 0.15) is 11.9 Å². The largest absolute Gasteiger partial charge is 0.508 e. The van der Waals surface area contributed by atoms with Crippen molar-refractivity contribution >= 4 is 18.2 Å². The van der Waals surface area contributed by atoms with E-state index in [2.05, 4.69) is 0 Å². The average Bonchev–Trinajstić information content (AvgIpc) is 2.52. The van der Waals surface area contributed by atoms with Crippen molar-refractivity contribution in [2.24, 2.45) is 5.92 Å². The number of aliphatic hydroxyl groups excluding tert-OH is 2. The molecule has 0 saturated heterocycles. The minimum absolute atomic E-state index is 0.161. The summed E-state index contributed by atoms with van der Waals surface area (Å²) in [7, 11) is 0. The Kier molecular flexibility index (Phi) is 7.85. The second-order valence-electron chi connectivity index (χ2n) is 5.54. The third kappa shape index (κ3) is 6.34. The van der Waals surface area contributed by atoms with Gasteiger partial charge in [-0.3, -0.25) is 0 Å². The second-order valence-corrected chi connectivity index (χ2v) is 5.54. The summed E-state index contributed by atoms with van der Waals surface area (Å²) < 4.78 is 5.29. The summed E-state index contributed by atoms with van der Waals surface area (Å²) in [5, 5.41) is 28.6. The van der Waals surface area contributed by atoms with E-state index < -0.39 is 24.3 Å². The van der Waals surface area contributed by atoms with Crippen LogP contribution in [0.2, 0.25) is 0 Å². The van der Waals surface area contributed by atoms with Crippen LogP contribution >= 0.6 is 0 Å². The number of hydrogen-bond acceptors (Lipinski definition) is 7. The van der Waals surface area contributed by atoms with Gasteiger partial charge in [0.25, 0.3) is 0 Å². The zero-order valence-electron chi connectivity index (χ0n) is 13.2. The van der Waals surface area contributed by atoms with Crippen LogP contribution in [0.25, 0.3) is 6.08 Å². The number of rotatable bonds is 3. The fourth-order valence-corrected chi connectivity index (χ4v) is 2.41. The molecule has 4 atom stereocenters. The van der Waals surface area contributed by atoms with Crippen LogP contribution in [0.15, 0.2) is 30.3 Å². The Morgan fingerprint density at radius 2 is 1.79 bits per heavy atom. The second kappa shape index (κ2) is 9.62. The molecule has 1 aliphatic rings.